The number of hydrogen-bond acceptors (Lipinski definition) is 2. The summed E-state index contributed by atoms with van der Waals surface area (Å²) in [5, 5.41) is 7.00. The lowest BCUT2D eigenvalue weighted by Gasteiger charge is -2.36. The van der Waals surface area contributed by atoms with E-state index in [1.165, 1.54) is 35.2 Å². The number of allylic oxidation sites excluding steroid dienone is 1. The third kappa shape index (κ3) is 4.04. The minimum absolute atomic E-state index is 0.174. The highest BCUT2D eigenvalue weighted by atomic mass is 16.2. The average molecular weight is 355 g/mol. The maximum atomic E-state index is 7.00. The van der Waals surface area contributed by atoms with E-state index in [2.05, 4.69) is 86.5 Å². The molecule has 0 spiro atoms. The van der Waals surface area contributed by atoms with E-state index in [4.69, 9.17) is 5.11 Å². The molecule has 0 bridgehead atoms. The van der Waals surface area contributed by atoms with E-state index in [1.54, 1.807) is 0 Å². The fourth-order valence-electron chi connectivity index (χ4n) is 4.22. The first kappa shape index (κ1) is 20.3. The van der Waals surface area contributed by atoms with Crippen LogP contribution in [0.3, 0.4) is 0 Å². The van der Waals surface area contributed by atoms with Crippen molar-refractivity contribution < 1.29 is 5.11 Å². The first-order valence-corrected chi connectivity index (χ1v) is 9.66. The maximum absolute atomic E-state index is 7.00. The molecule has 1 N–H and O–H groups in total. The molecule has 0 amide bonds. The molecule has 3 unspecified atom stereocenters. The molecule has 2 heterocycles. The molecule has 26 heavy (non-hydrogen) atoms. The summed E-state index contributed by atoms with van der Waals surface area (Å²) < 4.78 is 2.36. The second kappa shape index (κ2) is 9.09. The van der Waals surface area contributed by atoms with Gasteiger partial charge in [-0.05, 0) is 56.7 Å². The third-order valence-corrected chi connectivity index (χ3v) is 5.55. The zero-order chi connectivity index (χ0) is 19.3. The van der Waals surface area contributed by atoms with Crippen molar-refractivity contribution >= 4 is 0 Å². The number of hydrogen-bond donors (Lipinski definition) is 1. The minimum Gasteiger partial charge on any atom is -0.400 e. The number of likely N-dealkylation sites (tertiary alicyclic amines) is 1. The molecular formula is C23H34N2O. The molecule has 1 saturated heterocycles. The Labute approximate surface area is 159 Å². The Hall–Kier alpha value is -2.00. The molecule has 0 saturated carbocycles. The Morgan fingerprint density at radius 2 is 1.69 bits per heavy atom. The van der Waals surface area contributed by atoms with E-state index in [9.17, 15) is 0 Å². The fourth-order valence-corrected chi connectivity index (χ4v) is 4.22. The molecule has 142 valence electrons. The van der Waals surface area contributed by atoms with Crippen LogP contribution in [0.15, 0.2) is 55.0 Å². The summed E-state index contributed by atoms with van der Waals surface area (Å²) in [5.74, 6) is 0. The molecule has 3 nitrogen and oxygen atoms in total. The summed E-state index contributed by atoms with van der Waals surface area (Å²) in [7, 11) is 1.00. The highest BCUT2D eigenvalue weighted by Crippen LogP contribution is 2.36. The first-order chi connectivity index (χ1) is 12.5. The van der Waals surface area contributed by atoms with E-state index < -0.39 is 0 Å². The van der Waals surface area contributed by atoms with Gasteiger partial charge in [0.1, 0.15) is 0 Å². The van der Waals surface area contributed by atoms with Crippen molar-refractivity contribution in [1.82, 2.24) is 9.47 Å². The fraction of sp³-hybridized carbons (Fsp3) is 0.478. The molecule has 1 aromatic heterocycles. The number of nitrogens with zero attached hydrogens (tertiary/aromatic N) is 2. The van der Waals surface area contributed by atoms with Gasteiger partial charge >= 0.3 is 0 Å². The molecule has 3 rings (SSSR count). The van der Waals surface area contributed by atoms with Gasteiger partial charge in [0.15, 0.2) is 0 Å². The van der Waals surface area contributed by atoms with Crippen LogP contribution in [0.2, 0.25) is 0 Å². The summed E-state index contributed by atoms with van der Waals surface area (Å²) in [6.45, 7) is 13.7. The van der Waals surface area contributed by atoms with Crippen LogP contribution in [0.4, 0.5) is 0 Å². The van der Waals surface area contributed by atoms with Crippen molar-refractivity contribution in [2.75, 3.05) is 7.11 Å². The normalized spacial score (nSPS) is 20.5. The van der Waals surface area contributed by atoms with Crippen LogP contribution in [0, 0.1) is 6.92 Å². The molecule has 1 fully saturated rings. The summed E-state index contributed by atoms with van der Waals surface area (Å²) >= 11 is 0. The zero-order valence-electron chi connectivity index (χ0n) is 16.9. The monoisotopic (exact) mass is 354 g/mol. The molecule has 2 aromatic rings. The molecule has 3 heteroatoms. The Balaban J connectivity index is 0.00000117. The highest BCUT2D eigenvalue weighted by Gasteiger charge is 2.32. The van der Waals surface area contributed by atoms with Crippen LogP contribution < -0.4 is 0 Å². The number of aliphatic hydroxyl groups excluding tert-OH is 1. The molecule has 1 aliphatic rings. The summed E-state index contributed by atoms with van der Waals surface area (Å²) in [6, 6.07) is 12.1. The van der Waals surface area contributed by atoms with Crippen molar-refractivity contribution in [3.8, 4) is 0 Å². The van der Waals surface area contributed by atoms with Crippen molar-refractivity contribution in [3.05, 3.63) is 71.7 Å². The van der Waals surface area contributed by atoms with Crippen molar-refractivity contribution in [3.63, 3.8) is 0 Å². The quantitative estimate of drug-likeness (QED) is 0.823. The molecule has 1 aliphatic heterocycles. The van der Waals surface area contributed by atoms with Gasteiger partial charge in [0.05, 0.1) is 6.04 Å². The lowest BCUT2D eigenvalue weighted by atomic mass is 10.0. The van der Waals surface area contributed by atoms with Crippen molar-refractivity contribution in [2.24, 2.45) is 0 Å². The summed E-state index contributed by atoms with van der Waals surface area (Å²) in [6.07, 6.45) is 8.18. The second-order valence-corrected chi connectivity index (χ2v) is 7.25. The second-order valence-electron chi connectivity index (χ2n) is 7.25. The average Bonchev–Trinajstić information content (AvgIpc) is 3.19. The van der Waals surface area contributed by atoms with E-state index >= 15 is 0 Å². The van der Waals surface area contributed by atoms with Gasteiger partial charge in [-0.1, -0.05) is 43.8 Å². The molecule has 0 radical (unpaired) electrons. The van der Waals surface area contributed by atoms with Gasteiger partial charge in [-0.25, -0.2) is 0 Å². The maximum Gasteiger partial charge on any atom is 0.0974 e. The molecule has 1 aromatic carbocycles. The topological polar surface area (TPSA) is 28.4 Å². The van der Waals surface area contributed by atoms with Gasteiger partial charge in [0.25, 0.3) is 0 Å². The van der Waals surface area contributed by atoms with Crippen LogP contribution in [0.25, 0.3) is 0 Å². The predicted molar refractivity (Wildman–Crippen MR) is 110 cm³/mol. The zero-order valence-corrected chi connectivity index (χ0v) is 16.9. The SMILES string of the molecule is C=C(C(c1ccccc1)n1cc(C)c(CC)c1)N1C(C)CCC1C.CO. The van der Waals surface area contributed by atoms with E-state index in [0.29, 0.717) is 12.1 Å². The predicted octanol–water partition coefficient (Wildman–Crippen LogP) is 4.94. The number of benzene rings is 1. The summed E-state index contributed by atoms with van der Waals surface area (Å²) in [5.41, 5.74) is 5.32. The van der Waals surface area contributed by atoms with Gasteiger partial charge in [0.2, 0.25) is 0 Å². The minimum atomic E-state index is 0.174. The van der Waals surface area contributed by atoms with Crippen LogP contribution >= 0.6 is 0 Å². The number of aliphatic hydroxyl groups is 1. The largest absolute Gasteiger partial charge is 0.400 e. The van der Waals surface area contributed by atoms with E-state index in [0.717, 1.165) is 13.5 Å². The number of aromatic nitrogens is 1. The standard InChI is InChI=1S/C22H30N2.CH4O/c1-6-20-15-23(14-16(20)2)22(21-10-8-7-9-11-21)19(5)24-17(3)12-13-18(24)4;1-2/h7-11,14-15,17-18,22H,5-6,12-13H2,1-4H3;2H,1H3. The molecular weight excluding hydrogens is 320 g/mol. The van der Waals surface area contributed by atoms with Gasteiger partial charge in [-0.3, -0.25) is 0 Å². The van der Waals surface area contributed by atoms with E-state index in [1.807, 2.05) is 0 Å². The Morgan fingerprint density at radius 1 is 1.12 bits per heavy atom. The molecule has 3 atom stereocenters. The Bertz CT molecular complexity index is 694. The first-order valence-electron chi connectivity index (χ1n) is 9.66. The van der Waals surface area contributed by atoms with Crippen molar-refractivity contribution in [1.29, 1.82) is 0 Å². The van der Waals surface area contributed by atoms with Crippen molar-refractivity contribution in [2.45, 2.75) is 65.1 Å². The number of rotatable bonds is 5. The third-order valence-electron chi connectivity index (χ3n) is 5.55. The van der Waals surface area contributed by atoms with Gasteiger partial charge < -0.3 is 14.6 Å². The van der Waals surface area contributed by atoms with Crippen LogP contribution in [0.5, 0.6) is 0 Å². The van der Waals surface area contributed by atoms with Gasteiger partial charge in [-0.15, -0.1) is 0 Å². The van der Waals surface area contributed by atoms with Gasteiger partial charge in [0, 0.05) is 37.3 Å². The highest BCUT2D eigenvalue weighted by molar-refractivity contribution is 5.32. The molecule has 0 aliphatic carbocycles. The lowest BCUT2D eigenvalue weighted by Crippen LogP contribution is -2.35. The van der Waals surface area contributed by atoms with Crippen LogP contribution in [-0.2, 0) is 6.42 Å². The van der Waals surface area contributed by atoms with Crippen LogP contribution in [0.1, 0.15) is 56.3 Å². The smallest absolute Gasteiger partial charge is 0.0974 e. The van der Waals surface area contributed by atoms with Gasteiger partial charge in [-0.2, -0.15) is 0 Å². The van der Waals surface area contributed by atoms with E-state index in [-0.39, 0.29) is 6.04 Å². The summed E-state index contributed by atoms with van der Waals surface area (Å²) in [4.78, 5) is 2.54. The number of aryl methyl sites for hydroxylation is 2. The van der Waals surface area contributed by atoms with Crippen LogP contribution in [-0.4, -0.2) is 33.8 Å². The Morgan fingerprint density at radius 3 is 2.19 bits per heavy atom. The lowest BCUT2D eigenvalue weighted by molar-refractivity contribution is 0.254. The Kier molecular flexibility index (Phi) is 7.10.